The van der Waals surface area contributed by atoms with E-state index in [1.54, 1.807) is 18.5 Å². The lowest BCUT2D eigenvalue weighted by molar-refractivity contribution is -0.165. The molecule has 0 radical (unpaired) electrons. The fraction of sp³-hybridized carbons (Fsp3) is 0.480. The maximum atomic E-state index is 9.77. The Hall–Kier alpha value is -3.17. The summed E-state index contributed by atoms with van der Waals surface area (Å²) in [6, 6.07) is 2.01. The van der Waals surface area contributed by atoms with Crippen molar-refractivity contribution in [3.05, 3.63) is 35.1 Å². The van der Waals surface area contributed by atoms with Crippen LogP contribution in [0.1, 0.15) is 32.1 Å². The van der Waals surface area contributed by atoms with E-state index >= 15 is 0 Å². The molecule has 5 rings (SSSR count). The number of aliphatic carboxylic acids is 2. The predicted molar refractivity (Wildman–Crippen MR) is 149 cm³/mol. The number of nitrogen functional groups attached to an aromatic ring is 2. The molecular formula is C25H32ClN7O6S. The van der Waals surface area contributed by atoms with E-state index in [1.165, 1.54) is 30.2 Å². The van der Waals surface area contributed by atoms with Gasteiger partial charge in [-0.2, -0.15) is 0 Å². The Morgan fingerprint density at radius 2 is 1.70 bits per heavy atom. The average Bonchev–Trinajstić information content (AvgIpc) is 3.72. The second-order valence-electron chi connectivity index (χ2n) is 10.1. The third-order valence-corrected chi connectivity index (χ3v) is 9.12. The highest BCUT2D eigenvalue weighted by Crippen LogP contribution is 2.51. The predicted octanol–water partition coefficient (Wildman–Crippen LogP) is 1.37. The van der Waals surface area contributed by atoms with Crippen molar-refractivity contribution >= 4 is 52.8 Å². The summed E-state index contributed by atoms with van der Waals surface area (Å²) < 4.78 is 0. The van der Waals surface area contributed by atoms with Crippen LogP contribution < -0.4 is 22.1 Å². The van der Waals surface area contributed by atoms with Crippen LogP contribution in [0, 0.1) is 11.3 Å². The minimum Gasteiger partial charge on any atom is -0.479 e. The summed E-state index contributed by atoms with van der Waals surface area (Å²) in [7, 11) is 0. The molecule has 2 aromatic rings. The summed E-state index contributed by atoms with van der Waals surface area (Å²) in [5.74, 6) is -1.29. The molecule has 2 fully saturated rings. The standard InChI is InChI=1S/C21H26ClN7S.C4H6O6/c22-16-14(4-8-26-18(16)24)30-20-19(25)28-15(11-27-20)29-9-6-21(7-10-29)5-3-13(17(21)23)12-1-2-12;5-1(3(7)8)2(6)4(9)10/h3-4,8,11-12,17H,1-2,5-7,9-10,23H2,(H2,24,26)(H2,25,28);1-2,5-6H,(H,7,8)(H,9,10)/t17-;/m1./s1. The van der Waals surface area contributed by atoms with Crippen molar-refractivity contribution in [1.82, 2.24) is 15.0 Å². The number of anilines is 3. The van der Waals surface area contributed by atoms with E-state index in [1.807, 2.05) is 0 Å². The molecule has 1 saturated carbocycles. The van der Waals surface area contributed by atoms with Gasteiger partial charge in [0.15, 0.2) is 18.0 Å². The van der Waals surface area contributed by atoms with Gasteiger partial charge >= 0.3 is 11.9 Å². The smallest absolute Gasteiger partial charge is 0.335 e. The quantitative estimate of drug-likeness (QED) is 0.225. The maximum absolute atomic E-state index is 9.77. The van der Waals surface area contributed by atoms with E-state index in [0.29, 0.717) is 15.9 Å². The number of nitrogens with two attached hydrogens (primary N) is 3. The van der Waals surface area contributed by atoms with Gasteiger partial charge in [0.1, 0.15) is 16.7 Å². The number of rotatable bonds is 7. The number of carboxylic acid groups (broad SMARTS) is 2. The highest BCUT2D eigenvalue weighted by molar-refractivity contribution is 7.99. The van der Waals surface area contributed by atoms with E-state index in [4.69, 9.17) is 49.2 Å². The van der Waals surface area contributed by atoms with Gasteiger partial charge in [-0.3, -0.25) is 0 Å². The Morgan fingerprint density at radius 3 is 2.25 bits per heavy atom. The van der Waals surface area contributed by atoms with E-state index < -0.39 is 24.1 Å². The number of hydrogen-bond acceptors (Lipinski definition) is 12. The van der Waals surface area contributed by atoms with Gasteiger partial charge < -0.3 is 42.5 Å². The van der Waals surface area contributed by atoms with Crippen molar-refractivity contribution in [3.63, 3.8) is 0 Å². The van der Waals surface area contributed by atoms with Crippen molar-refractivity contribution in [3.8, 4) is 0 Å². The maximum Gasteiger partial charge on any atom is 0.335 e. The van der Waals surface area contributed by atoms with Gasteiger partial charge in [-0.1, -0.05) is 35.0 Å². The van der Waals surface area contributed by atoms with Crippen LogP contribution in [-0.2, 0) is 9.59 Å². The highest BCUT2D eigenvalue weighted by Gasteiger charge is 2.47. The number of piperidine rings is 1. The lowest BCUT2D eigenvalue weighted by atomic mass is 9.72. The molecule has 2 unspecified atom stereocenters. The first kappa shape index (κ1) is 29.8. The molecule has 1 spiro atoms. The van der Waals surface area contributed by atoms with E-state index in [9.17, 15) is 9.59 Å². The van der Waals surface area contributed by atoms with Crippen LogP contribution in [-0.4, -0.2) is 78.7 Å². The number of allylic oxidation sites excluding steroid dienone is 1. The van der Waals surface area contributed by atoms with Gasteiger partial charge in [0, 0.05) is 30.2 Å². The first-order valence-corrected chi connectivity index (χ1v) is 13.9. The van der Waals surface area contributed by atoms with Gasteiger partial charge in [0.05, 0.1) is 11.2 Å². The summed E-state index contributed by atoms with van der Waals surface area (Å²) in [6.07, 6.45) is 7.20. The van der Waals surface area contributed by atoms with Gasteiger partial charge in [0.2, 0.25) is 0 Å². The van der Waals surface area contributed by atoms with Crippen LogP contribution >= 0.6 is 23.4 Å². The Labute approximate surface area is 239 Å². The van der Waals surface area contributed by atoms with Crippen molar-refractivity contribution in [1.29, 1.82) is 0 Å². The van der Waals surface area contributed by atoms with Crippen LogP contribution in [0.25, 0.3) is 0 Å². The number of carboxylic acids is 2. The van der Waals surface area contributed by atoms with Gasteiger partial charge in [-0.05, 0) is 49.5 Å². The van der Waals surface area contributed by atoms with Gasteiger partial charge in [0.25, 0.3) is 0 Å². The van der Waals surface area contributed by atoms with E-state index in [2.05, 4.69) is 25.9 Å². The lowest BCUT2D eigenvalue weighted by Crippen LogP contribution is -2.48. The number of hydrogen-bond donors (Lipinski definition) is 7. The molecule has 1 aliphatic heterocycles. The third kappa shape index (κ3) is 6.41. The first-order chi connectivity index (χ1) is 18.9. The minimum atomic E-state index is -2.27. The van der Waals surface area contributed by atoms with Crippen molar-refractivity contribution in [2.45, 2.75) is 60.3 Å². The largest absolute Gasteiger partial charge is 0.479 e. The first-order valence-electron chi connectivity index (χ1n) is 12.7. The third-order valence-electron chi connectivity index (χ3n) is 7.54. The van der Waals surface area contributed by atoms with Crippen LogP contribution in [0.4, 0.5) is 17.5 Å². The Bertz CT molecular complexity index is 1280. The summed E-state index contributed by atoms with van der Waals surface area (Å²) in [5, 5.41) is 33.5. The van der Waals surface area contributed by atoms with Gasteiger partial charge in [-0.15, -0.1) is 0 Å². The van der Waals surface area contributed by atoms with E-state index in [0.717, 1.165) is 49.0 Å². The normalized spacial score (nSPS) is 21.2. The fourth-order valence-corrected chi connectivity index (χ4v) is 5.98. The molecule has 10 N–H and O–H groups in total. The number of aliphatic hydroxyl groups excluding tert-OH is 2. The number of pyridine rings is 1. The Kier molecular flexibility index (Phi) is 9.05. The molecule has 3 atom stereocenters. The van der Waals surface area contributed by atoms with Crippen molar-refractivity contribution in [2.24, 2.45) is 17.1 Å². The summed E-state index contributed by atoms with van der Waals surface area (Å²) in [4.78, 5) is 35.7. The average molecular weight is 594 g/mol. The molecule has 3 heterocycles. The van der Waals surface area contributed by atoms with Crippen LogP contribution in [0.15, 0.2) is 40.0 Å². The molecule has 216 valence electrons. The molecular weight excluding hydrogens is 562 g/mol. The topological polar surface area (TPSA) is 235 Å². The second-order valence-corrected chi connectivity index (χ2v) is 11.5. The molecule has 40 heavy (non-hydrogen) atoms. The molecule has 2 aromatic heterocycles. The SMILES string of the molecule is Nc1nc(N2CCC3(CC=C(C4CC4)[C@H]3N)CC2)cnc1Sc1ccnc(N)c1Cl.O=C(O)C(O)C(O)C(=O)O. The molecule has 3 aliphatic rings. The molecule has 2 aliphatic carbocycles. The van der Waals surface area contributed by atoms with E-state index in [-0.39, 0.29) is 17.3 Å². The summed E-state index contributed by atoms with van der Waals surface area (Å²) >= 11 is 7.58. The Morgan fingerprint density at radius 1 is 1.07 bits per heavy atom. The van der Waals surface area contributed by atoms with Crippen molar-refractivity contribution < 1.29 is 30.0 Å². The van der Waals surface area contributed by atoms with Crippen LogP contribution in [0.5, 0.6) is 0 Å². The minimum absolute atomic E-state index is 0.222. The number of halogens is 1. The van der Waals surface area contributed by atoms with Crippen LogP contribution in [0.3, 0.4) is 0 Å². The molecule has 1 saturated heterocycles. The number of carbonyl (C=O) groups is 2. The molecule has 15 heteroatoms. The fourth-order valence-electron chi connectivity index (χ4n) is 4.97. The lowest BCUT2D eigenvalue weighted by Gasteiger charge is -2.43. The number of nitrogens with zero attached hydrogens (tertiary/aromatic N) is 4. The highest BCUT2D eigenvalue weighted by atomic mass is 35.5. The summed E-state index contributed by atoms with van der Waals surface area (Å²) in [6.45, 7) is 1.85. The number of aliphatic hydroxyl groups is 2. The van der Waals surface area contributed by atoms with Crippen molar-refractivity contribution in [2.75, 3.05) is 29.5 Å². The molecule has 13 nitrogen and oxygen atoms in total. The molecule has 0 amide bonds. The van der Waals surface area contributed by atoms with Crippen LogP contribution in [0.2, 0.25) is 5.02 Å². The molecule has 0 aromatic carbocycles. The Balaban J connectivity index is 0.000000318. The second kappa shape index (κ2) is 12.1. The van der Waals surface area contributed by atoms with Gasteiger partial charge in [-0.25, -0.2) is 24.5 Å². The zero-order valence-electron chi connectivity index (χ0n) is 21.5. The molecule has 0 bridgehead atoms. The summed E-state index contributed by atoms with van der Waals surface area (Å²) in [5.41, 5.74) is 20.4. The zero-order valence-corrected chi connectivity index (χ0v) is 23.1. The number of aromatic nitrogens is 3. The zero-order chi connectivity index (χ0) is 29.2. The monoisotopic (exact) mass is 593 g/mol.